The molecule has 2 N–H and O–H groups in total. The molecule has 2 aliphatic rings. The molecule has 104 valence electrons. The van der Waals surface area contributed by atoms with Gasteiger partial charge in [-0.1, -0.05) is 25.0 Å². The van der Waals surface area contributed by atoms with E-state index in [-0.39, 0.29) is 5.54 Å². The zero-order chi connectivity index (χ0) is 13.1. The number of rotatable bonds is 3. The van der Waals surface area contributed by atoms with E-state index in [2.05, 4.69) is 24.3 Å². The molecule has 0 radical (unpaired) electrons. The van der Waals surface area contributed by atoms with Gasteiger partial charge in [0.1, 0.15) is 11.9 Å². The largest absolute Gasteiger partial charge is 0.490 e. The normalized spacial score (nSPS) is 23.4. The molecule has 3 heteroatoms. The number of nitrogens with two attached hydrogens (primary N) is 1. The molecule has 1 aromatic carbocycles. The van der Waals surface area contributed by atoms with Crippen molar-refractivity contribution in [3.8, 4) is 5.75 Å². The standard InChI is InChI=1S/C16H23NOS/c17-16(8-1-2-9-16)13-4-3-5-15(12-13)18-14-6-10-19-11-7-14/h3-5,12,14H,1-2,6-11,17H2. The average Bonchev–Trinajstić information content (AvgIpc) is 2.89. The molecule has 0 unspecified atom stereocenters. The fraction of sp³-hybridized carbons (Fsp3) is 0.625. The van der Waals surface area contributed by atoms with Gasteiger partial charge in [0, 0.05) is 5.54 Å². The smallest absolute Gasteiger partial charge is 0.120 e. The van der Waals surface area contributed by atoms with Crippen LogP contribution >= 0.6 is 11.8 Å². The quantitative estimate of drug-likeness (QED) is 0.915. The van der Waals surface area contributed by atoms with Crippen molar-refractivity contribution in [2.45, 2.75) is 50.2 Å². The van der Waals surface area contributed by atoms with Crippen molar-refractivity contribution in [3.05, 3.63) is 29.8 Å². The summed E-state index contributed by atoms with van der Waals surface area (Å²) in [6.07, 6.45) is 7.45. The maximum absolute atomic E-state index is 6.52. The Balaban J connectivity index is 1.72. The number of hydrogen-bond acceptors (Lipinski definition) is 3. The van der Waals surface area contributed by atoms with E-state index < -0.39 is 0 Å². The summed E-state index contributed by atoms with van der Waals surface area (Å²) in [5.74, 6) is 3.46. The molecular formula is C16H23NOS. The van der Waals surface area contributed by atoms with Gasteiger partial charge < -0.3 is 10.5 Å². The third-order valence-electron chi connectivity index (χ3n) is 4.38. The highest BCUT2D eigenvalue weighted by molar-refractivity contribution is 7.99. The van der Waals surface area contributed by atoms with Crippen molar-refractivity contribution in [1.29, 1.82) is 0 Å². The Kier molecular flexibility index (Phi) is 4.04. The highest BCUT2D eigenvalue weighted by Crippen LogP contribution is 2.37. The lowest BCUT2D eigenvalue weighted by molar-refractivity contribution is 0.192. The van der Waals surface area contributed by atoms with Crippen LogP contribution in [-0.4, -0.2) is 17.6 Å². The van der Waals surface area contributed by atoms with Crippen LogP contribution < -0.4 is 10.5 Å². The maximum atomic E-state index is 6.52. The van der Waals surface area contributed by atoms with Crippen molar-refractivity contribution >= 4 is 11.8 Å². The minimum atomic E-state index is -0.109. The summed E-state index contributed by atoms with van der Waals surface area (Å²) in [6.45, 7) is 0. The molecular weight excluding hydrogens is 254 g/mol. The van der Waals surface area contributed by atoms with E-state index in [1.165, 1.54) is 42.8 Å². The summed E-state index contributed by atoms with van der Waals surface area (Å²) < 4.78 is 6.13. The lowest BCUT2D eigenvalue weighted by atomic mass is 9.89. The molecule has 1 aromatic rings. The second-order valence-corrected chi connectivity index (χ2v) is 7.05. The third kappa shape index (κ3) is 3.09. The lowest BCUT2D eigenvalue weighted by Gasteiger charge is -2.26. The minimum Gasteiger partial charge on any atom is -0.490 e. The molecule has 0 bridgehead atoms. The first-order valence-electron chi connectivity index (χ1n) is 7.40. The second-order valence-electron chi connectivity index (χ2n) is 5.82. The minimum absolute atomic E-state index is 0.109. The average molecular weight is 277 g/mol. The van der Waals surface area contributed by atoms with Crippen molar-refractivity contribution in [3.63, 3.8) is 0 Å². The van der Waals surface area contributed by atoms with Gasteiger partial charge in [0.05, 0.1) is 0 Å². The van der Waals surface area contributed by atoms with Crippen LogP contribution in [0.15, 0.2) is 24.3 Å². The van der Waals surface area contributed by atoms with E-state index in [9.17, 15) is 0 Å². The first-order chi connectivity index (χ1) is 9.26. The van der Waals surface area contributed by atoms with Crippen LogP contribution in [0.4, 0.5) is 0 Å². The van der Waals surface area contributed by atoms with Crippen LogP contribution in [0.3, 0.4) is 0 Å². The Hall–Kier alpha value is -0.670. The third-order valence-corrected chi connectivity index (χ3v) is 5.42. The van der Waals surface area contributed by atoms with Crippen LogP contribution in [0.1, 0.15) is 44.1 Å². The Morgan fingerprint density at radius 3 is 2.63 bits per heavy atom. The van der Waals surface area contributed by atoms with Gasteiger partial charge in [0.25, 0.3) is 0 Å². The summed E-state index contributed by atoms with van der Waals surface area (Å²) in [7, 11) is 0. The summed E-state index contributed by atoms with van der Waals surface area (Å²) in [6, 6.07) is 8.50. The van der Waals surface area contributed by atoms with E-state index in [4.69, 9.17) is 10.5 Å². The van der Waals surface area contributed by atoms with Crippen molar-refractivity contribution in [2.24, 2.45) is 5.73 Å². The van der Waals surface area contributed by atoms with Crippen LogP contribution in [0.5, 0.6) is 5.75 Å². The van der Waals surface area contributed by atoms with Gasteiger partial charge in [0.2, 0.25) is 0 Å². The van der Waals surface area contributed by atoms with E-state index in [1.54, 1.807) is 0 Å². The number of thioether (sulfide) groups is 1. The van der Waals surface area contributed by atoms with Crippen molar-refractivity contribution in [2.75, 3.05) is 11.5 Å². The second kappa shape index (κ2) is 5.76. The number of ether oxygens (including phenoxy) is 1. The molecule has 0 amide bonds. The molecule has 2 fully saturated rings. The zero-order valence-corrected chi connectivity index (χ0v) is 12.3. The highest BCUT2D eigenvalue weighted by atomic mass is 32.2. The predicted molar refractivity (Wildman–Crippen MR) is 81.8 cm³/mol. The summed E-state index contributed by atoms with van der Waals surface area (Å²) in [5, 5.41) is 0. The Morgan fingerprint density at radius 1 is 1.16 bits per heavy atom. The molecule has 1 saturated heterocycles. The number of benzene rings is 1. The van der Waals surface area contributed by atoms with Crippen LogP contribution in [0, 0.1) is 0 Å². The summed E-state index contributed by atoms with van der Waals surface area (Å²) >= 11 is 2.03. The molecule has 1 aliphatic heterocycles. The Bertz CT molecular complexity index is 423. The zero-order valence-electron chi connectivity index (χ0n) is 11.4. The first-order valence-corrected chi connectivity index (χ1v) is 8.56. The van der Waals surface area contributed by atoms with Gasteiger partial charge in [-0.15, -0.1) is 0 Å². The molecule has 19 heavy (non-hydrogen) atoms. The molecule has 0 spiro atoms. The van der Waals surface area contributed by atoms with Gasteiger partial charge in [-0.25, -0.2) is 0 Å². The van der Waals surface area contributed by atoms with Gasteiger partial charge in [-0.2, -0.15) is 11.8 Å². The van der Waals surface area contributed by atoms with E-state index >= 15 is 0 Å². The van der Waals surface area contributed by atoms with E-state index in [0.717, 1.165) is 18.6 Å². The van der Waals surface area contributed by atoms with Crippen molar-refractivity contribution < 1.29 is 4.74 Å². The van der Waals surface area contributed by atoms with Gasteiger partial charge in [0.15, 0.2) is 0 Å². The molecule has 1 heterocycles. The van der Waals surface area contributed by atoms with Gasteiger partial charge >= 0.3 is 0 Å². The molecule has 1 saturated carbocycles. The number of hydrogen-bond donors (Lipinski definition) is 1. The Labute approximate surface area is 120 Å². The topological polar surface area (TPSA) is 35.2 Å². The van der Waals surface area contributed by atoms with Gasteiger partial charge in [-0.3, -0.25) is 0 Å². The van der Waals surface area contributed by atoms with Crippen molar-refractivity contribution in [1.82, 2.24) is 0 Å². The molecule has 0 atom stereocenters. The molecule has 2 nitrogen and oxygen atoms in total. The molecule has 0 aromatic heterocycles. The maximum Gasteiger partial charge on any atom is 0.120 e. The fourth-order valence-electron chi connectivity index (χ4n) is 3.16. The lowest BCUT2D eigenvalue weighted by Crippen LogP contribution is -2.33. The van der Waals surface area contributed by atoms with E-state index in [0.29, 0.717) is 6.10 Å². The monoisotopic (exact) mass is 277 g/mol. The highest BCUT2D eigenvalue weighted by Gasteiger charge is 2.31. The Morgan fingerprint density at radius 2 is 1.89 bits per heavy atom. The van der Waals surface area contributed by atoms with E-state index in [1.807, 2.05) is 11.8 Å². The summed E-state index contributed by atoms with van der Waals surface area (Å²) in [4.78, 5) is 0. The fourth-order valence-corrected chi connectivity index (χ4v) is 4.22. The van der Waals surface area contributed by atoms with Crippen LogP contribution in [0.2, 0.25) is 0 Å². The van der Waals surface area contributed by atoms with Crippen LogP contribution in [-0.2, 0) is 5.54 Å². The predicted octanol–water partition coefficient (Wildman–Crippen LogP) is 3.69. The van der Waals surface area contributed by atoms with Crippen LogP contribution in [0.25, 0.3) is 0 Å². The van der Waals surface area contributed by atoms with Gasteiger partial charge in [-0.05, 0) is 54.9 Å². The first kappa shape index (κ1) is 13.3. The molecule has 1 aliphatic carbocycles. The molecule has 3 rings (SSSR count). The summed E-state index contributed by atoms with van der Waals surface area (Å²) in [5.41, 5.74) is 7.67. The SMILES string of the molecule is NC1(c2cccc(OC3CCSCC3)c2)CCCC1.